The number of ketones is 1. The molecule has 0 aliphatic rings. The molecule has 0 heterocycles. The van der Waals surface area contributed by atoms with E-state index in [9.17, 15) is 14.7 Å². The first kappa shape index (κ1) is 47.1. The monoisotopic (exact) mass is 656 g/mol. The molecule has 276 valence electrons. The first-order chi connectivity index (χ1) is 22.3. The van der Waals surface area contributed by atoms with Gasteiger partial charge in [0.05, 0.1) is 0 Å². The zero-order valence-electron chi connectivity index (χ0n) is 31.4. The summed E-state index contributed by atoms with van der Waals surface area (Å²) in [5.41, 5.74) is -0.00975. The van der Waals surface area contributed by atoms with Crippen LogP contribution in [0.4, 0.5) is 0 Å². The van der Waals surface area contributed by atoms with Crippen molar-refractivity contribution >= 4 is 11.8 Å². The smallest absolute Gasteiger partial charge is 0.303 e. The maximum absolute atomic E-state index is 12.0. The number of unbranched alkanes of at least 4 members (excludes halogenated alkanes) is 28. The van der Waals surface area contributed by atoms with Crippen LogP contribution in [-0.4, -0.2) is 32.9 Å². The molecule has 0 rings (SSSR count). The normalized spacial score (nSPS) is 12.6. The molecule has 0 saturated heterocycles. The Hall–Kier alpha value is -0.980. The van der Waals surface area contributed by atoms with Crippen molar-refractivity contribution in [3.63, 3.8) is 0 Å². The van der Waals surface area contributed by atoms with Crippen LogP contribution < -0.4 is 5.48 Å². The second kappa shape index (κ2) is 36.8. The minimum absolute atomic E-state index is 0.315. The molecule has 46 heavy (non-hydrogen) atoms. The lowest BCUT2D eigenvalue weighted by Crippen LogP contribution is -2.54. The van der Waals surface area contributed by atoms with Gasteiger partial charge in [0.1, 0.15) is 0 Å². The predicted octanol–water partition coefficient (Wildman–Crippen LogP) is 12.5. The van der Waals surface area contributed by atoms with Gasteiger partial charge in [0.25, 0.3) is 0 Å². The van der Waals surface area contributed by atoms with Gasteiger partial charge in [0.15, 0.2) is 11.5 Å². The van der Waals surface area contributed by atoms with Crippen LogP contribution in [0.1, 0.15) is 233 Å². The molecule has 0 aromatic carbocycles. The number of nitrogens with one attached hydrogen (secondary N) is 1. The fraction of sp³-hybridized carbons (Fsp3) is 0.950. The van der Waals surface area contributed by atoms with Gasteiger partial charge in [-0.25, -0.2) is 0 Å². The van der Waals surface area contributed by atoms with Crippen molar-refractivity contribution in [3.8, 4) is 0 Å². The molecule has 0 radical (unpaired) electrons. The van der Waals surface area contributed by atoms with Crippen LogP contribution in [0.5, 0.6) is 0 Å². The molecule has 0 aliphatic carbocycles. The maximum Gasteiger partial charge on any atom is 0.303 e. The van der Waals surface area contributed by atoms with Gasteiger partial charge in [0, 0.05) is 18.8 Å². The molecule has 0 aromatic heterocycles. The Balaban J connectivity index is 0. The fourth-order valence-corrected chi connectivity index (χ4v) is 6.01. The second-order valence-corrected chi connectivity index (χ2v) is 14.2. The van der Waals surface area contributed by atoms with E-state index in [4.69, 9.17) is 10.3 Å². The number of carbonyl (C=O) groups is 2. The zero-order chi connectivity index (χ0) is 34.6. The summed E-state index contributed by atoms with van der Waals surface area (Å²) in [6.45, 7) is 7.97. The lowest BCUT2D eigenvalue weighted by molar-refractivity contribution is -0.165. The molecule has 0 aliphatic heterocycles. The van der Waals surface area contributed by atoms with Crippen LogP contribution in [0.3, 0.4) is 0 Å². The third kappa shape index (κ3) is 32.9. The van der Waals surface area contributed by atoms with Gasteiger partial charge in [-0.1, -0.05) is 207 Å². The lowest BCUT2D eigenvalue weighted by atomic mass is 9.92. The summed E-state index contributed by atoms with van der Waals surface area (Å²) in [5.74, 6) is -1.32. The van der Waals surface area contributed by atoms with Gasteiger partial charge in [-0.05, 0) is 12.8 Å². The SMILES string of the molecule is CCCCCCCCCCCCCCCCCC(=O)C(O)(NO)C(C)C.CCCCCCCCCCCCCCCCCC(=O)O. The summed E-state index contributed by atoms with van der Waals surface area (Å²) in [4.78, 5) is 22.3. The Kier molecular flexibility index (Phi) is 37.8. The highest BCUT2D eigenvalue weighted by Crippen LogP contribution is 2.19. The van der Waals surface area contributed by atoms with Crippen molar-refractivity contribution in [2.75, 3.05) is 0 Å². The summed E-state index contributed by atoms with van der Waals surface area (Å²) < 4.78 is 0. The maximum atomic E-state index is 12.0. The van der Waals surface area contributed by atoms with Crippen LogP contribution in [0, 0.1) is 5.92 Å². The molecule has 0 aromatic rings. The third-order valence-corrected chi connectivity index (χ3v) is 9.43. The van der Waals surface area contributed by atoms with E-state index in [2.05, 4.69) is 13.8 Å². The number of carboxylic acids is 1. The van der Waals surface area contributed by atoms with E-state index in [1.54, 1.807) is 19.3 Å². The molecule has 0 bridgehead atoms. The van der Waals surface area contributed by atoms with Crippen molar-refractivity contribution in [1.29, 1.82) is 0 Å². The topological polar surface area (TPSA) is 107 Å². The van der Waals surface area contributed by atoms with E-state index in [-0.39, 0.29) is 11.7 Å². The lowest BCUT2D eigenvalue weighted by Gasteiger charge is -2.28. The molecule has 1 atom stereocenters. The Morgan fingerprint density at radius 3 is 0.935 bits per heavy atom. The number of Topliss-reactive ketones (excluding diaryl/α,β-unsaturated/α-hetero) is 1. The molecule has 1 unspecified atom stereocenters. The quantitative estimate of drug-likeness (QED) is 0.0307. The van der Waals surface area contributed by atoms with E-state index >= 15 is 0 Å². The molecule has 4 N–H and O–H groups in total. The van der Waals surface area contributed by atoms with Crippen LogP contribution >= 0.6 is 0 Å². The van der Waals surface area contributed by atoms with E-state index in [0.29, 0.717) is 12.8 Å². The number of hydrogen-bond donors (Lipinski definition) is 4. The third-order valence-electron chi connectivity index (χ3n) is 9.43. The summed E-state index contributed by atoms with van der Waals surface area (Å²) in [7, 11) is 0. The van der Waals surface area contributed by atoms with E-state index in [0.717, 1.165) is 32.1 Å². The van der Waals surface area contributed by atoms with Crippen LogP contribution in [0.25, 0.3) is 0 Å². The van der Waals surface area contributed by atoms with E-state index in [1.165, 1.54) is 161 Å². The summed E-state index contributed by atoms with van der Waals surface area (Å²) in [5, 5.41) is 27.6. The summed E-state index contributed by atoms with van der Waals surface area (Å²) in [6.07, 6.45) is 39.8. The van der Waals surface area contributed by atoms with Gasteiger partial charge in [-0.3, -0.25) is 9.59 Å². The number of aliphatic carboxylic acids is 1. The Morgan fingerprint density at radius 1 is 0.478 bits per heavy atom. The first-order valence-corrected chi connectivity index (χ1v) is 20.1. The number of aliphatic hydroxyl groups is 1. The molecule has 0 amide bonds. The average Bonchev–Trinajstić information content (AvgIpc) is 3.04. The second-order valence-electron chi connectivity index (χ2n) is 14.2. The highest BCUT2D eigenvalue weighted by Gasteiger charge is 2.37. The minimum atomic E-state index is -1.80. The number of carboxylic acid groups (broad SMARTS) is 1. The minimum Gasteiger partial charge on any atom is -0.481 e. The van der Waals surface area contributed by atoms with Crippen molar-refractivity contribution in [3.05, 3.63) is 0 Å². The van der Waals surface area contributed by atoms with Crippen LogP contribution in [0.15, 0.2) is 0 Å². The van der Waals surface area contributed by atoms with Crippen molar-refractivity contribution < 1.29 is 25.0 Å². The predicted molar refractivity (Wildman–Crippen MR) is 196 cm³/mol. The van der Waals surface area contributed by atoms with E-state index < -0.39 is 11.7 Å². The van der Waals surface area contributed by atoms with Gasteiger partial charge in [0.2, 0.25) is 0 Å². The Bertz CT molecular complexity index is 641. The molecule has 0 spiro atoms. The van der Waals surface area contributed by atoms with Crippen molar-refractivity contribution in [2.45, 2.75) is 239 Å². The zero-order valence-corrected chi connectivity index (χ0v) is 31.4. The highest BCUT2D eigenvalue weighted by molar-refractivity contribution is 5.86. The number of hydrogen-bond acceptors (Lipinski definition) is 5. The molecule has 6 nitrogen and oxygen atoms in total. The summed E-state index contributed by atoms with van der Waals surface area (Å²) in [6, 6.07) is 0. The highest BCUT2D eigenvalue weighted by atomic mass is 16.5. The molecular weight excluding hydrogens is 574 g/mol. The van der Waals surface area contributed by atoms with Gasteiger partial charge >= 0.3 is 5.97 Å². The van der Waals surface area contributed by atoms with Gasteiger partial charge in [-0.2, -0.15) is 5.48 Å². The van der Waals surface area contributed by atoms with Gasteiger partial charge in [-0.15, -0.1) is 0 Å². The van der Waals surface area contributed by atoms with Crippen LogP contribution in [0.2, 0.25) is 0 Å². The molecule has 0 fully saturated rings. The molecule has 6 heteroatoms. The fourth-order valence-electron chi connectivity index (χ4n) is 6.01. The summed E-state index contributed by atoms with van der Waals surface area (Å²) >= 11 is 0. The number of carbonyl (C=O) groups excluding carboxylic acids is 1. The number of hydroxylamine groups is 1. The Labute approximate surface area is 286 Å². The van der Waals surface area contributed by atoms with Crippen molar-refractivity contribution in [1.82, 2.24) is 5.48 Å². The largest absolute Gasteiger partial charge is 0.481 e. The van der Waals surface area contributed by atoms with Gasteiger partial charge < -0.3 is 15.4 Å². The van der Waals surface area contributed by atoms with Crippen LogP contribution in [-0.2, 0) is 9.59 Å². The van der Waals surface area contributed by atoms with Crippen molar-refractivity contribution in [2.24, 2.45) is 5.92 Å². The molecular formula is C40H81NO5. The Morgan fingerprint density at radius 2 is 0.717 bits per heavy atom. The first-order valence-electron chi connectivity index (χ1n) is 20.1. The number of rotatable bonds is 35. The molecule has 0 saturated carbocycles. The average molecular weight is 656 g/mol. The van der Waals surface area contributed by atoms with E-state index in [1.807, 2.05) is 0 Å². The standard InChI is InChI=1S/C22H45NO3.C18H36O2/c1-4-5-6-7-8-9-10-11-12-13-14-15-16-17-18-19-21(24)22(25,23-26)20(2)3;1-2-3-4-5-6-7-8-9-10-11-12-13-14-15-16-17-18(19)20/h20,23,25-26H,4-19H2,1-3H3;2-17H2,1H3,(H,19,20).